The number of halogens is 3. The summed E-state index contributed by atoms with van der Waals surface area (Å²) in [5.41, 5.74) is 5.07. The van der Waals surface area contributed by atoms with Crippen LogP contribution in [0.3, 0.4) is 0 Å². The molecule has 1 aromatic heterocycles. The molecule has 2 aromatic rings. The van der Waals surface area contributed by atoms with Crippen LogP contribution < -0.4 is 5.43 Å². The van der Waals surface area contributed by atoms with Gasteiger partial charge in [0, 0.05) is 31.6 Å². The molecule has 130 valence electrons. The molecular formula is C16H20F3N5. The van der Waals surface area contributed by atoms with Gasteiger partial charge < -0.3 is 10.3 Å². The Balaban J connectivity index is 2.06. The van der Waals surface area contributed by atoms with Gasteiger partial charge in [0.15, 0.2) is 5.82 Å². The Morgan fingerprint density at radius 2 is 1.71 bits per heavy atom. The highest BCUT2D eigenvalue weighted by atomic mass is 19.4. The number of nitrogens with one attached hydrogen (secondary N) is 1. The van der Waals surface area contributed by atoms with Gasteiger partial charge in [0.25, 0.3) is 0 Å². The molecular weight excluding hydrogens is 319 g/mol. The van der Waals surface area contributed by atoms with Crippen LogP contribution in [0.5, 0.6) is 0 Å². The van der Waals surface area contributed by atoms with E-state index in [4.69, 9.17) is 0 Å². The molecule has 0 amide bonds. The van der Waals surface area contributed by atoms with Gasteiger partial charge in [-0.2, -0.15) is 13.2 Å². The number of likely N-dealkylation sites (N-methyl/N-ethyl adjacent to an activating group) is 1. The van der Waals surface area contributed by atoms with Crippen molar-refractivity contribution in [3.63, 3.8) is 0 Å². The van der Waals surface area contributed by atoms with Crippen LogP contribution in [-0.2, 0) is 6.18 Å². The van der Waals surface area contributed by atoms with E-state index in [0.717, 1.165) is 18.7 Å². The summed E-state index contributed by atoms with van der Waals surface area (Å²) in [6.07, 6.45) is -4.58. The molecule has 0 aliphatic carbocycles. The van der Waals surface area contributed by atoms with Crippen molar-refractivity contribution in [2.24, 2.45) is 0 Å². The number of anilines is 1. The number of hydrazine groups is 1. The standard InChI is InChI=1S/C16H20F3N5/c1-10-8-11(2)13-12(9-10)14(21-15(20-13)16(17,18)19)22-24-6-4-23(3)5-7-24/h8-9H,4-7H2,1-3H3,(H,20,21,22). The maximum Gasteiger partial charge on any atom is 0.451 e. The number of nitrogens with zero attached hydrogens (tertiary/aromatic N) is 4. The van der Waals surface area contributed by atoms with Crippen LogP contribution in [0.25, 0.3) is 10.9 Å². The fourth-order valence-corrected chi connectivity index (χ4v) is 2.87. The topological polar surface area (TPSA) is 44.3 Å². The third-order valence-electron chi connectivity index (χ3n) is 4.16. The number of hydrogen-bond donors (Lipinski definition) is 1. The number of fused-ring (bicyclic) bond motifs is 1. The number of piperazine rings is 1. The summed E-state index contributed by atoms with van der Waals surface area (Å²) in [4.78, 5) is 9.69. The first-order valence-electron chi connectivity index (χ1n) is 7.80. The smallest absolute Gasteiger partial charge is 0.304 e. The van der Waals surface area contributed by atoms with Crippen molar-refractivity contribution in [1.29, 1.82) is 0 Å². The number of aryl methyl sites for hydroxylation is 2. The van der Waals surface area contributed by atoms with Crippen LogP contribution in [0.1, 0.15) is 17.0 Å². The van der Waals surface area contributed by atoms with Crippen molar-refractivity contribution in [3.05, 3.63) is 29.1 Å². The quantitative estimate of drug-likeness (QED) is 0.911. The molecule has 2 heterocycles. The predicted octanol–water partition coefficient (Wildman–Crippen LogP) is 2.84. The first-order chi connectivity index (χ1) is 11.2. The average Bonchev–Trinajstić information content (AvgIpc) is 2.49. The van der Waals surface area contributed by atoms with E-state index in [1.165, 1.54) is 0 Å². The van der Waals surface area contributed by atoms with Crippen molar-refractivity contribution in [2.45, 2.75) is 20.0 Å². The highest BCUT2D eigenvalue weighted by molar-refractivity contribution is 5.91. The monoisotopic (exact) mass is 339 g/mol. The van der Waals surface area contributed by atoms with Crippen LogP contribution in [0.4, 0.5) is 19.0 Å². The normalized spacial score (nSPS) is 17.4. The molecule has 1 N–H and O–H groups in total. The van der Waals surface area contributed by atoms with Crippen LogP contribution in [0.15, 0.2) is 12.1 Å². The Morgan fingerprint density at radius 1 is 1.04 bits per heavy atom. The van der Waals surface area contributed by atoms with Crippen LogP contribution in [-0.4, -0.2) is 53.1 Å². The average molecular weight is 339 g/mol. The predicted molar refractivity (Wildman–Crippen MR) is 86.7 cm³/mol. The van der Waals surface area contributed by atoms with E-state index >= 15 is 0 Å². The molecule has 1 aromatic carbocycles. The lowest BCUT2D eigenvalue weighted by atomic mass is 10.1. The highest BCUT2D eigenvalue weighted by Crippen LogP contribution is 2.32. The summed E-state index contributed by atoms with van der Waals surface area (Å²) in [7, 11) is 2.02. The Kier molecular flexibility index (Phi) is 4.35. The highest BCUT2D eigenvalue weighted by Gasteiger charge is 2.36. The third kappa shape index (κ3) is 3.44. The zero-order valence-electron chi connectivity index (χ0n) is 13.9. The van der Waals surface area contributed by atoms with Crippen molar-refractivity contribution in [3.8, 4) is 0 Å². The van der Waals surface area contributed by atoms with E-state index in [9.17, 15) is 13.2 Å². The summed E-state index contributed by atoms with van der Waals surface area (Å²) >= 11 is 0. The minimum Gasteiger partial charge on any atom is -0.304 e. The molecule has 1 saturated heterocycles. The van der Waals surface area contributed by atoms with E-state index in [2.05, 4.69) is 20.3 Å². The molecule has 8 heteroatoms. The largest absolute Gasteiger partial charge is 0.451 e. The Bertz CT molecular complexity index is 751. The molecule has 24 heavy (non-hydrogen) atoms. The Labute approximate surface area is 138 Å². The molecule has 0 radical (unpaired) electrons. The van der Waals surface area contributed by atoms with Gasteiger partial charge in [-0.1, -0.05) is 6.07 Å². The first kappa shape index (κ1) is 16.9. The molecule has 0 spiro atoms. The molecule has 0 atom stereocenters. The lowest BCUT2D eigenvalue weighted by molar-refractivity contribution is -0.144. The number of hydrogen-bond acceptors (Lipinski definition) is 5. The minimum absolute atomic E-state index is 0.212. The number of aromatic nitrogens is 2. The Hall–Kier alpha value is -1.93. The molecule has 0 bridgehead atoms. The summed E-state index contributed by atoms with van der Waals surface area (Å²) in [5.74, 6) is -0.901. The van der Waals surface area contributed by atoms with E-state index in [1.807, 2.05) is 31.1 Å². The van der Waals surface area contributed by atoms with Crippen molar-refractivity contribution in [2.75, 3.05) is 38.7 Å². The van der Waals surface area contributed by atoms with Crippen molar-refractivity contribution >= 4 is 16.7 Å². The minimum atomic E-state index is -4.58. The molecule has 1 fully saturated rings. The van der Waals surface area contributed by atoms with Gasteiger partial charge in [-0.25, -0.2) is 15.0 Å². The van der Waals surface area contributed by atoms with Gasteiger partial charge >= 0.3 is 6.18 Å². The molecule has 5 nitrogen and oxygen atoms in total. The van der Waals surface area contributed by atoms with Crippen LogP contribution in [0.2, 0.25) is 0 Å². The lowest BCUT2D eigenvalue weighted by Crippen LogP contribution is -2.47. The summed E-state index contributed by atoms with van der Waals surface area (Å²) in [5, 5.41) is 2.51. The second kappa shape index (κ2) is 6.18. The zero-order chi connectivity index (χ0) is 17.5. The number of benzene rings is 1. The third-order valence-corrected chi connectivity index (χ3v) is 4.16. The van der Waals surface area contributed by atoms with Gasteiger partial charge in [0.05, 0.1) is 5.52 Å². The lowest BCUT2D eigenvalue weighted by Gasteiger charge is -2.33. The van der Waals surface area contributed by atoms with E-state index < -0.39 is 12.0 Å². The second-order valence-electron chi connectivity index (χ2n) is 6.27. The first-order valence-corrected chi connectivity index (χ1v) is 7.80. The molecule has 0 saturated carbocycles. The maximum absolute atomic E-state index is 13.2. The zero-order valence-corrected chi connectivity index (χ0v) is 13.9. The molecule has 1 aliphatic rings. The number of alkyl halides is 3. The van der Waals surface area contributed by atoms with Gasteiger partial charge in [-0.05, 0) is 38.1 Å². The Morgan fingerprint density at radius 3 is 2.33 bits per heavy atom. The fraction of sp³-hybridized carbons (Fsp3) is 0.500. The van der Waals surface area contributed by atoms with E-state index in [1.54, 1.807) is 6.92 Å². The van der Waals surface area contributed by atoms with Crippen molar-refractivity contribution < 1.29 is 13.2 Å². The maximum atomic E-state index is 13.2. The summed E-state index contributed by atoms with van der Waals surface area (Å²) in [6, 6.07) is 3.65. The van der Waals surface area contributed by atoms with Crippen molar-refractivity contribution in [1.82, 2.24) is 19.9 Å². The van der Waals surface area contributed by atoms with E-state index in [-0.39, 0.29) is 5.82 Å². The SMILES string of the molecule is Cc1cc(C)c2nc(C(F)(F)F)nc(NN3CCN(C)CC3)c2c1. The van der Waals surface area contributed by atoms with E-state index in [0.29, 0.717) is 29.6 Å². The molecule has 3 rings (SSSR count). The van der Waals surface area contributed by atoms with Gasteiger partial charge in [-0.15, -0.1) is 0 Å². The van der Waals surface area contributed by atoms with Gasteiger partial charge in [-0.3, -0.25) is 0 Å². The molecule has 0 unspecified atom stereocenters. The molecule has 1 aliphatic heterocycles. The van der Waals surface area contributed by atoms with Gasteiger partial charge in [0.1, 0.15) is 0 Å². The summed E-state index contributed by atoms with van der Waals surface area (Å²) < 4.78 is 39.5. The second-order valence-corrected chi connectivity index (χ2v) is 6.27. The van der Waals surface area contributed by atoms with Gasteiger partial charge in [0.2, 0.25) is 5.82 Å². The number of rotatable bonds is 2. The van der Waals surface area contributed by atoms with Crippen LogP contribution >= 0.6 is 0 Å². The van der Waals surface area contributed by atoms with Crippen LogP contribution in [0, 0.1) is 13.8 Å². The summed E-state index contributed by atoms with van der Waals surface area (Å²) in [6.45, 7) is 6.80. The fourth-order valence-electron chi connectivity index (χ4n) is 2.87.